The number of carbonyl (C=O) groups is 1. The van der Waals surface area contributed by atoms with E-state index in [1.807, 2.05) is 44.2 Å². The van der Waals surface area contributed by atoms with Crippen LogP contribution in [0.4, 0.5) is 0 Å². The largest absolute Gasteiger partial charge is 0.376 e. The van der Waals surface area contributed by atoms with Crippen LogP contribution in [0.5, 0.6) is 0 Å². The number of amides is 1. The zero-order valence-corrected chi connectivity index (χ0v) is 18.6. The zero-order chi connectivity index (χ0) is 23.1. The van der Waals surface area contributed by atoms with Crippen molar-refractivity contribution >= 4 is 22.6 Å². The summed E-state index contributed by atoms with van der Waals surface area (Å²) in [6.45, 7) is 4.95. The molecule has 1 aliphatic rings. The lowest BCUT2D eigenvalue weighted by atomic mass is 10.1. The summed E-state index contributed by atoms with van der Waals surface area (Å²) in [6, 6.07) is 12.7. The maximum Gasteiger partial charge on any atom is 0.267 e. The molecule has 3 aromatic heterocycles. The van der Waals surface area contributed by atoms with E-state index in [4.69, 9.17) is 15.1 Å². The Balaban J connectivity index is 1.74. The van der Waals surface area contributed by atoms with Crippen molar-refractivity contribution in [2.75, 3.05) is 13.2 Å². The summed E-state index contributed by atoms with van der Waals surface area (Å²) in [5, 5.41) is 12.0. The van der Waals surface area contributed by atoms with Gasteiger partial charge in [-0.15, -0.1) is 0 Å². The molecule has 1 aromatic carbocycles. The van der Waals surface area contributed by atoms with Crippen molar-refractivity contribution in [3.63, 3.8) is 0 Å². The first kappa shape index (κ1) is 21.1. The molecule has 33 heavy (non-hydrogen) atoms. The molecule has 1 atom stereocenters. The molecular formula is C25H25N5O3. The van der Waals surface area contributed by atoms with Gasteiger partial charge in [0.15, 0.2) is 5.65 Å². The van der Waals surface area contributed by atoms with Crippen molar-refractivity contribution in [3.8, 4) is 5.69 Å². The molecule has 4 aromatic rings. The Morgan fingerprint density at radius 3 is 2.67 bits per heavy atom. The van der Waals surface area contributed by atoms with Gasteiger partial charge in [-0.25, -0.2) is 4.98 Å². The predicted octanol–water partition coefficient (Wildman–Crippen LogP) is 2.64. The molecule has 1 amide bonds. The van der Waals surface area contributed by atoms with Crippen LogP contribution in [0, 0.1) is 19.3 Å². The molecule has 5 rings (SSSR count). The second-order valence-electron chi connectivity index (χ2n) is 8.51. The third-order valence-corrected chi connectivity index (χ3v) is 6.02. The van der Waals surface area contributed by atoms with Crippen molar-refractivity contribution in [3.05, 3.63) is 81.2 Å². The Labute approximate surface area is 190 Å². The number of nitrogens with one attached hydrogen (secondary N) is 2. The molecule has 0 radical (unpaired) electrons. The molecular weight excluding hydrogens is 418 g/mol. The molecule has 8 nitrogen and oxygen atoms in total. The Morgan fingerprint density at radius 1 is 1.18 bits per heavy atom. The van der Waals surface area contributed by atoms with E-state index in [1.54, 1.807) is 16.8 Å². The highest BCUT2D eigenvalue weighted by molar-refractivity contribution is 5.97. The van der Waals surface area contributed by atoms with Crippen LogP contribution < -0.4 is 16.4 Å². The number of carbonyl (C=O) groups excluding carboxylic acids is 1. The van der Waals surface area contributed by atoms with Crippen molar-refractivity contribution < 1.29 is 9.53 Å². The standard InChI is InChI=1S/C25H25N5O3/c1-15-5-8-17(9-6-15)30-22(26)19(24(31)27-13-18-4-3-11-33-18)12-20-23(30)28-21-10-7-16(2)14-29(21)25(20)32/h5-10,12,14,18,26H,3-4,11,13H2,1-2H3,(H,27,31). The smallest absolute Gasteiger partial charge is 0.267 e. The van der Waals surface area contributed by atoms with E-state index >= 15 is 0 Å². The van der Waals surface area contributed by atoms with Crippen molar-refractivity contribution in [2.45, 2.75) is 32.8 Å². The lowest BCUT2D eigenvalue weighted by molar-refractivity contribution is 0.0856. The summed E-state index contributed by atoms with van der Waals surface area (Å²) in [7, 11) is 0. The molecule has 0 saturated carbocycles. The van der Waals surface area contributed by atoms with Crippen molar-refractivity contribution in [2.24, 2.45) is 0 Å². The second kappa shape index (κ2) is 8.29. The summed E-state index contributed by atoms with van der Waals surface area (Å²) >= 11 is 0. The molecule has 168 valence electrons. The quantitative estimate of drug-likeness (QED) is 0.474. The van der Waals surface area contributed by atoms with E-state index in [9.17, 15) is 9.59 Å². The van der Waals surface area contributed by atoms with Crippen LogP contribution in [0.1, 0.15) is 34.3 Å². The van der Waals surface area contributed by atoms with Gasteiger partial charge in [0.2, 0.25) is 0 Å². The van der Waals surface area contributed by atoms with E-state index < -0.39 is 5.91 Å². The van der Waals surface area contributed by atoms with Crippen LogP contribution in [0.25, 0.3) is 22.4 Å². The first-order chi connectivity index (χ1) is 15.9. The Bertz CT molecular complexity index is 1500. The molecule has 1 unspecified atom stereocenters. The van der Waals surface area contributed by atoms with Crippen LogP contribution >= 0.6 is 0 Å². The van der Waals surface area contributed by atoms with Crippen LogP contribution in [-0.4, -0.2) is 39.1 Å². The van der Waals surface area contributed by atoms with Gasteiger partial charge >= 0.3 is 0 Å². The lowest BCUT2D eigenvalue weighted by Crippen LogP contribution is -2.37. The highest BCUT2D eigenvalue weighted by atomic mass is 16.5. The summed E-state index contributed by atoms with van der Waals surface area (Å²) in [5.41, 5.74) is 3.27. The maximum absolute atomic E-state index is 13.4. The first-order valence-electron chi connectivity index (χ1n) is 11.0. The number of hydrogen-bond donors (Lipinski definition) is 2. The Morgan fingerprint density at radius 2 is 1.94 bits per heavy atom. The van der Waals surface area contributed by atoms with Gasteiger partial charge in [0.25, 0.3) is 11.5 Å². The number of rotatable bonds is 4. The second-order valence-corrected chi connectivity index (χ2v) is 8.51. The van der Waals surface area contributed by atoms with Crippen molar-refractivity contribution in [1.29, 1.82) is 5.41 Å². The number of nitrogens with zero attached hydrogens (tertiary/aromatic N) is 3. The fourth-order valence-electron chi connectivity index (χ4n) is 4.21. The summed E-state index contributed by atoms with van der Waals surface area (Å²) < 4.78 is 8.64. The molecule has 0 spiro atoms. The van der Waals surface area contributed by atoms with Crippen LogP contribution in [0.2, 0.25) is 0 Å². The lowest BCUT2D eigenvalue weighted by Gasteiger charge is -2.16. The average Bonchev–Trinajstić information content (AvgIpc) is 3.33. The number of fused-ring (bicyclic) bond motifs is 2. The normalized spacial score (nSPS) is 15.9. The van der Waals surface area contributed by atoms with E-state index in [2.05, 4.69) is 5.32 Å². The molecule has 8 heteroatoms. The van der Waals surface area contributed by atoms with Gasteiger partial charge in [-0.1, -0.05) is 23.8 Å². The molecule has 1 fully saturated rings. The van der Waals surface area contributed by atoms with Gasteiger partial charge in [-0.05, 0) is 56.5 Å². The first-order valence-corrected chi connectivity index (χ1v) is 11.0. The molecule has 0 bridgehead atoms. The highest BCUT2D eigenvalue weighted by Gasteiger charge is 2.21. The number of pyridine rings is 2. The van der Waals surface area contributed by atoms with Crippen LogP contribution in [-0.2, 0) is 4.74 Å². The SMILES string of the molecule is Cc1ccc(-n2c(=N)c(C(=O)NCC3CCCO3)cc3c(=O)n4cc(C)ccc4nc32)cc1. The van der Waals surface area contributed by atoms with E-state index in [1.165, 1.54) is 10.5 Å². The monoisotopic (exact) mass is 443 g/mol. The molecule has 4 heterocycles. The third kappa shape index (κ3) is 3.82. The van der Waals surface area contributed by atoms with Gasteiger partial charge in [-0.2, -0.15) is 0 Å². The van der Waals surface area contributed by atoms with Crippen LogP contribution in [0.3, 0.4) is 0 Å². The Kier molecular flexibility index (Phi) is 5.30. The number of benzene rings is 1. The molecule has 0 aliphatic carbocycles. The fourth-order valence-corrected chi connectivity index (χ4v) is 4.21. The fraction of sp³-hybridized carbons (Fsp3) is 0.280. The number of ether oxygens (including phenoxy) is 1. The minimum atomic E-state index is -0.410. The predicted molar refractivity (Wildman–Crippen MR) is 125 cm³/mol. The summed E-state index contributed by atoms with van der Waals surface area (Å²) in [6.07, 6.45) is 3.58. The number of aromatic nitrogens is 3. The zero-order valence-electron chi connectivity index (χ0n) is 18.6. The number of aryl methyl sites for hydroxylation is 2. The summed E-state index contributed by atoms with van der Waals surface area (Å²) in [4.78, 5) is 31.2. The van der Waals surface area contributed by atoms with Gasteiger partial charge in [0.1, 0.15) is 11.1 Å². The topological polar surface area (TPSA) is 101 Å². The van der Waals surface area contributed by atoms with E-state index in [-0.39, 0.29) is 28.1 Å². The average molecular weight is 444 g/mol. The highest BCUT2D eigenvalue weighted by Crippen LogP contribution is 2.17. The van der Waals surface area contributed by atoms with Gasteiger partial charge in [0.05, 0.1) is 17.1 Å². The molecule has 2 N–H and O–H groups in total. The third-order valence-electron chi connectivity index (χ3n) is 6.02. The molecule has 1 saturated heterocycles. The van der Waals surface area contributed by atoms with Gasteiger partial charge < -0.3 is 10.1 Å². The van der Waals surface area contributed by atoms with E-state index in [0.29, 0.717) is 30.1 Å². The number of hydrogen-bond acceptors (Lipinski definition) is 5. The minimum absolute atomic E-state index is 0.0213. The van der Waals surface area contributed by atoms with Gasteiger partial charge in [-0.3, -0.25) is 24.0 Å². The van der Waals surface area contributed by atoms with Crippen LogP contribution in [0.15, 0.2) is 53.5 Å². The summed E-state index contributed by atoms with van der Waals surface area (Å²) in [5.74, 6) is -0.410. The minimum Gasteiger partial charge on any atom is -0.376 e. The van der Waals surface area contributed by atoms with Crippen molar-refractivity contribution in [1.82, 2.24) is 19.3 Å². The Hall–Kier alpha value is -3.78. The van der Waals surface area contributed by atoms with Gasteiger partial charge in [0, 0.05) is 25.0 Å². The van der Waals surface area contributed by atoms with E-state index in [0.717, 1.165) is 24.0 Å². The molecule has 1 aliphatic heterocycles. The maximum atomic E-state index is 13.4.